The number of furan rings is 1. The topological polar surface area (TPSA) is 55.3 Å². The van der Waals surface area contributed by atoms with Crippen molar-refractivity contribution in [3.63, 3.8) is 0 Å². The quantitative estimate of drug-likeness (QED) is 0.877. The number of hydrogen-bond donors (Lipinski definition) is 1. The normalized spacial score (nSPS) is 12.4. The van der Waals surface area contributed by atoms with Crippen molar-refractivity contribution >= 4 is 5.82 Å². The van der Waals surface area contributed by atoms with Crippen molar-refractivity contribution in [2.75, 3.05) is 11.9 Å². The summed E-state index contributed by atoms with van der Waals surface area (Å²) >= 11 is 0. The van der Waals surface area contributed by atoms with Gasteiger partial charge in [-0.2, -0.15) is 0 Å². The molecule has 0 aromatic carbocycles. The standard InChI is InChI=1S/C13H17N3O/c1-10(14)11-5-6-15-13(8-11)16(2)9-12-4-3-7-17-12/h3-8,10H,9,14H2,1-2H3. The molecule has 2 N–H and O–H groups in total. The number of aromatic nitrogens is 1. The number of rotatable bonds is 4. The van der Waals surface area contributed by atoms with Crippen LogP contribution in [0.15, 0.2) is 41.1 Å². The maximum Gasteiger partial charge on any atom is 0.128 e. The van der Waals surface area contributed by atoms with Gasteiger partial charge in [-0.15, -0.1) is 0 Å². The smallest absolute Gasteiger partial charge is 0.128 e. The fraction of sp³-hybridized carbons (Fsp3) is 0.308. The van der Waals surface area contributed by atoms with Crippen molar-refractivity contribution in [3.8, 4) is 0 Å². The number of anilines is 1. The van der Waals surface area contributed by atoms with Crippen LogP contribution in [0.1, 0.15) is 24.3 Å². The molecule has 0 spiro atoms. The summed E-state index contributed by atoms with van der Waals surface area (Å²) in [4.78, 5) is 6.36. The van der Waals surface area contributed by atoms with Crippen LogP contribution >= 0.6 is 0 Å². The minimum Gasteiger partial charge on any atom is -0.467 e. The molecule has 4 heteroatoms. The van der Waals surface area contributed by atoms with Gasteiger partial charge in [-0.25, -0.2) is 4.98 Å². The van der Waals surface area contributed by atoms with Gasteiger partial charge in [-0.1, -0.05) is 0 Å². The highest BCUT2D eigenvalue weighted by molar-refractivity contribution is 5.41. The molecular formula is C13H17N3O. The van der Waals surface area contributed by atoms with E-state index >= 15 is 0 Å². The third-order valence-corrected chi connectivity index (χ3v) is 2.66. The second-order valence-electron chi connectivity index (χ2n) is 4.17. The Morgan fingerprint density at radius 2 is 2.29 bits per heavy atom. The Labute approximate surface area is 101 Å². The van der Waals surface area contributed by atoms with Crippen molar-refractivity contribution < 1.29 is 4.42 Å². The van der Waals surface area contributed by atoms with Crippen LogP contribution in [0.4, 0.5) is 5.82 Å². The summed E-state index contributed by atoms with van der Waals surface area (Å²) in [6, 6.07) is 7.80. The van der Waals surface area contributed by atoms with Crippen molar-refractivity contribution in [2.24, 2.45) is 5.73 Å². The van der Waals surface area contributed by atoms with Crippen LogP contribution in [0.3, 0.4) is 0 Å². The Morgan fingerprint density at radius 3 is 2.94 bits per heavy atom. The van der Waals surface area contributed by atoms with Gasteiger partial charge in [0.15, 0.2) is 0 Å². The first-order valence-electron chi connectivity index (χ1n) is 5.62. The van der Waals surface area contributed by atoms with Crippen molar-refractivity contribution in [1.82, 2.24) is 4.98 Å². The summed E-state index contributed by atoms with van der Waals surface area (Å²) in [5, 5.41) is 0. The first-order valence-corrected chi connectivity index (χ1v) is 5.62. The van der Waals surface area contributed by atoms with Crippen LogP contribution in [0, 0.1) is 0 Å². The molecule has 0 aliphatic rings. The van der Waals surface area contributed by atoms with Crippen molar-refractivity contribution in [1.29, 1.82) is 0 Å². The van der Waals surface area contributed by atoms with Crippen LogP contribution in [0.5, 0.6) is 0 Å². The predicted octanol–water partition coefficient (Wildman–Crippen LogP) is 2.33. The van der Waals surface area contributed by atoms with Crippen molar-refractivity contribution in [3.05, 3.63) is 48.0 Å². The maximum absolute atomic E-state index is 5.85. The minimum atomic E-state index is 0.0220. The lowest BCUT2D eigenvalue weighted by atomic mass is 10.1. The molecule has 2 heterocycles. The Bertz CT molecular complexity index is 465. The van der Waals surface area contributed by atoms with E-state index < -0.39 is 0 Å². The summed E-state index contributed by atoms with van der Waals surface area (Å²) in [6.45, 7) is 2.66. The van der Waals surface area contributed by atoms with Gasteiger partial charge in [-0.3, -0.25) is 0 Å². The molecule has 0 aliphatic heterocycles. The molecule has 4 nitrogen and oxygen atoms in total. The summed E-state index contributed by atoms with van der Waals surface area (Å²) in [7, 11) is 1.98. The minimum absolute atomic E-state index is 0.0220. The molecule has 0 bridgehead atoms. The second-order valence-corrected chi connectivity index (χ2v) is 4.17. The zero-order valence-electron chi connectivity index (χ0n) is 10.1. The molecule has 17 heavy (non-hydrogen) atoms. The van der Waals surface area contributed by atoms with E-state index in [4.69, 9.17) is 10.2 Å². The Balaban J connectivity index is 2.13. The van der Waals surface area contributed by atoms with Gasteiger partial charge in [0, 0.05) is 19.3 Å². The molecule has 0 aliphatic carbocycles. The SMILES string of the molecule is CC(N)c1ccnc(N(C)Cc2ccco2)c1. The van der Waals surface area contributed by atoms with E-state index in [1.807, 2.05) is 43.1 Å². The van der Waals surface area contributed by atoms with Gasteiger partial charge in [0.1, 0.15) is 11.6 Å². The zero-order valence-corrected chi connectivity index (χ0v) is 10.1. The van der Waals surface area contributed by atoms with E-state index in [0.717, 1.165) is 17.1 Å². The largest absolute Gasteiger partial charge is 0.467 e. The lowest BCUT2D eigenvalue weighted by Gasteiger charge is -2.18. The Kier molecular flexibility index (Phi) is 3.44. The van der Waals surface area contributed by atoms with E-state index in [-0.39, 0.29) is 6.04 Å². The van der Waals surface area contributed by atoms with Crippen LogP contribution < -0.4 is 10.6 Å². The zero-order chi connectivity index (χ0) is 12.3. The molecule has 0 saturated carbocycles. The molecule has 0 fully saturated rings. The fourth-order valence-electron chi connectivity index (χ4n) is 1.64. The molecule has 2 aromatic heterocycles. The van der Waals surface area contributed by atoms with E-state index in [1.165, 1.54) is 0 Å². The average Bonchev–Trinajstić information content (AvgIpc) is 2.82. The lowest BCUT2D eigenvalue weighted by Crippen LogP contribution is -2.18. The van der Waals surface area contributed by atoms with Crippen LogP contribution in [0.2, 0.25) is 0 Å². The summed E-state index contributed by atoms with van der Waals surface area (Å²) in [6.07, 6.45) is 3.46. The molecule has 90 valence electrons. The van der Waals surface area contributed by atoms with Crippen LogP contribution in [0.25, 0.3) is 0 Å². The molecular weight excluding hydrogens is 214 g/mol. The molecule has 2 rings (SSSR count). The lowest BCUT2D eigenvalue weighted by molar-refractivity contribution is 0.507. The van der Waals surface area contributed by atoms with Gasteiger partial charge in [0.05, 0.1) is 12.8 Å². The average molecular weight is 231 g/mol. The van der Waals surface area contributed by atoms with Gasteiger partial charge in [0.2, 0.25) is 0 Å². The van der Waals surface area contributed by atoms with E-state index in [9.17, 15) is 0 Å². The summed E-state index contributed by atoms with van der Waals surface area (Å²) in [5.74, 6) is 1.82. The van der Waals surface area contributed by atoms with Crippen LogP contribution in [-0.4, -0.2) is 12.0 Å². The third kappa shape index (κ3) is 2.85. The maximum atomic E-state index is 5.85. The number of pyridine rings is 1. The van der Waals surface area contributed by atoms with E-state index in [2.05, 4.69) is 4.98 Å². The van der Waals surface area contributed by atoms with Crippen molar-refractivity contribution in [2.45, 2.75) is 19.5 Å². The highest BCUT2D eigenvalue weighted by atomic mass is 16.3. The Hall–Kier alpha value is -1.81. The molecule has 2 aromatic rings. The molecule has 1 atom stereocenters. The van der Waals surface area contributed by atoms with Gasteiger partial charge < -0.3 is 15.1 Å². The van der Waals surface area contributed by atoms with Gasteiger partial charge in [0.25, 0.3) is 0 Å². The molecule has 0 radical (unpaired) electrons. The van der Waals surface area contributed by atoms with Crippen LogP contribution in [-0.2, 0) is 6.54 Å². The van der Waals surface area contributed by atoms with E-state index in [0.29, 0.717) is 6.54 Å². The third-order valence-electron chi connectivity index (χ3n) is 2.66. The monoisotopic (exact) mass is 231 g/mol. The van der Waals surface area contributed by atoms with E-state index in [1.54, 1.807) is 12.5 Å². The number of nitrogens with two attached hydrogens (primary N) is 1. The van der Waals surface area contributed by atoms with Gasteiger partial charge in [-0.05, 0) is 36.8 Å². The molecule has 0 amide bonds. The predicted molar refractivity (Wildman–Crippen MR) is 67.7 cm³/mol. The van der Waals surface area contributed by atoms with Gasteiger partial charge >= 0.3 is 0 Å². The Morgan fingerprint density at radius 1 is 1.47 bits per heavy atom. The first kappa shape index (κ1) is 11.7. The fourth-order valence-corrected chi connectivity index (χ4v) is 1.64. The first-order chi connectivity index (χ1) is 8.16. The second kappa shape index (κ2) is 5.01. The highest BCUT2D eigenvalue weighted by Crippen LogP contribution is 2.17. The molecule has 1 unspecified atom stereocenters. The number of hydrogen-bond acceptors (Lipinski definition) is 4. The summed E-state index contributed by atoms with van der Waals surface area (Å²) in [5.41, 5.74) is 6.94. The summed E-state index contributed by atoms with van der Waals surface area (Å²) < 4.78 is 5.31. The molecule has 0 saturated heterocycles. The highest BCUT2D eigenvalue weighted by Gasteiger charge is 2.07. The number of nitrogens with zero attached hydrogens (tertiary/aromatic N) is 2.